The Hall–Kier alpha value is -3.55. The lowest BCUT2D eigenvalue weighted by Gasteiger charge is -2.24. The van der Waals surface area contributed by atoms with Crippen molar-refractivity contribution in [3.8, 4) is 11.6 Å². The van der Waals surface area contributed by atoms with Crippen LogP contribution in [0.3, 0.4) is 0 Å². The average molecular weight is 387 g/mol. The first-order chi connectivity index (χ1) is 13.4. The van der Waals surface area contributed by atoms with Gasteiger partial charge in [0.2, 0.25) is 5.88 Å². The van der Waals surface area contributed by atoms with Crippen LogP contribution in [-0.4, -0.2) is 24.2 Å². The van der Waals surface area contributed by atoms with Gasteiger partial charge in [-0.1, -0.05) is 18.2 Å². The van der Waals surface area contributed by atoms with E-state index in [4.69, 9.17) is 4.74 Å². The van der Waals surface area contributed by atoms with Gasteiger partial charge in [0.15, 0.2) is 0 Å². The van der Waals surface area contributed by atoms with E-state index in [2.05, 4.69) is 10.3 Å². The SMILES string of the molecule is CNc1ccc(Oc2ccc(N(C(=O)c3ccccc3)C(F)(F)F)cn2)cc1. The van der Waals surface area contributed by atoms with E-state index in [1.54, 1.807) is 37.4 Å². The fraction of sp³-hybridized carbons (Fsp3) is 0.100. The Kier molecular flexibility index (Phi) is 5.49. The molecular weight excluding hydrogens is 371 g/mol. The average Bonchev–Trinajstić information content (AvgIpc) is 2.69. The number of hydrogen-bond donors (Lipinski definition) is 1. The van der Waals surface area contributed by atoms with E-state index in [1.807, 2.05) is 0 Å². The Morgan fingerprint density at radius 1 is 1.00 bits per heavy atom. The van der Waals surface area contributed by atoms with Crippen molar-refractivity contribution in [1.82, 2.24) is 4.98 Å². The third-order valence-corrected chi connectivity index (χ3v) is 3.82. The van der Waals surface area contributed by atoms with Crippen LogP contribution >= 0.6 is 0 Å². The number of rotatable bonds is 5. The lowest BCUT2D eigenvalue weighted by Crippen LogP contribution is -2.43. The van der Waals surface area contributed by atoms with Crippen LogP contribution in [0.4, 0.5) is 24.5 Å². The van der Waals surface area contributed by atoms with Crippen LogP contribution in [0, 0.1) is 0 Å². The Morgan fingerprint density at radius 2 is 1.68 bits per heavy atom. The molecule has 5 nitrogen and oxygen atoms in total. The number of carbonyl (C=O) groups is 1. The number of benzene rings is 2. The summed E-state index contributed by atoms with van der Waals surface area (Å²) in [7, 11) is 1.78. The van der Waals surface area contributed by atoms with E-state index in [9.17, 15) is 18.0 Å². The molecule has 3 rings (SSSR count). The highest BCUT2D eigenvalue weighted by Crippen LogP contribution is 2.31. The van der Waals surface area contributed by atoms with Gasteiger partial charge in [-0.25, -0.2) is 9.88 Å². The predicted octanol–water partition coefficient (Wildman–Crippen LogP) is 5.08. The van der Waals surface area contributed by atoms with Crippen molar-refractivity contribution in [2.45, 2.75) is 6.30 Å². The molecule has 1 heterocycles. The van der Waals surface area contributed by atoms with Gasteiger partial charge in [-0.15, -0.1) is 13.2 Å². The van der Waals surface area contributed by atoms with Crippen LogP contribution < -0.4 is 15.0 Å². The topological polar surface area (TPSA) is 54.5 Å². The van der Waals surface area contributed by atoms with Gasteiger partial charge in [0.25, 0.3) is 5.91 Å². The number of alkyl halides is 3. The minimum Gasteiger partial charge on any atom is -0.439 e. The van der Waals surface area contributed by atoms with E-state index in [1.165, 1.54) is 30.3 Å². The van der Waals surface area contributed by atoms with E-state index < -0.39 is 17.9 Å². The fourth-order valence-corrected chi connectivity index (χ4v) is 2.46. The molecule has 0 aliphatic carbocycles. The number of hydrogen-bond acceptors (Lipinski definition) is 4. The molecule has 0 unspecified atom stereocenters. The molecule has 0 bridgehead atoms. The maximum absolute atomic E-state index is 13.5. The molecule has 0 saturated carbocycles. The summed E-state index contributed by atoms with van der Waals surface area (Å²) in [4.78, 5) is 16.0. The summed E-state index contributed by atoms with van der Waals surface area (Å²) in [5, 5.41) is 2.96. The highest BCUT2D eigenvalue weighted by molar-refractivity contribution is 6.06. The summed E-state index contributed by atoms with van der Waals surface area (Å²) in [5.41, 5.74) is 0.403. The number of amides is 1. The number of pyridine rings is 1. The number of aromatic nitrogens is 1. The molecule has 0 fully saturated rings. The summed E-state index contributed by atoms with van der Waals surface area (Å²) in [6.07, 6.45) is -3.95. The molecule has 1 amide bonds. The Morgan fingerprint density at radius 3 is 2.21 bits per heavy atom. The first-order valence-electron chi connectivity index (χ1n) is 8.26. The zero-order chi connectivity index (χ0) is 20.1. The highest BCUT2D eigenvalue weighted by Gasteiger charge is 2.42. The maximum atomic E-state index is 13.5. The summed E-state index contributed by atoms with van der Waals surface area (Å²) < 4.78 is 46.0. The van der Waals surface area contributed by atoms with Crippen molar-refractivity contribution in [2.24, 2.45) is 0 Å². The maximum Gasteiger partial charge on any atom is 0.491 e. The van der Waals surface area contributed by atoms with Crippen LogP contribution in [0.15, 0.2) is 72.9 Å². The van der Waals surface area contributed by atoms with Crippen LogP contribution in [-0.2, 0) is 0 Å². The number of carbonyl (C=O) groups excluding carboxylic acids is 1. The molecule has 0 aliphatic rings. The third-order valence-electron chi connectivity index (χ3n) is 3.82. The zero-order valence-electron chi connectivity index (χ0n) is 14.8. The molecule has 2 aromatic carbocycles. The number of ether oxygens (including phenoxy) is 1. The van der Waals surface area contributed by atoms with E-state index in [0.717, 1.165) is 18.0 Å². The van der Waals surface area contributed by atoms with Crippen molar-refractivity contribution in [2.75, 3.05) is 17.3 Å². The first-order valence-corrected chi connectivity index (χ1v) is 8.26. The van der Waals surface area contributed by atoms with Gasteiger partial charge in [0, 0.05) is 24.4 Å². The first kappa shape index (κ1) is 19.2. The molecule has 144 valence electrons. The van der Waals surface area contributed by atoms with Gasteiger partial charge in [-0.3, -0.25) is 4.79 Å². The van der Waals surface area contributed by atoms with Gasteiger partial charge in [0.1, 0.15) is 5.75 Å². The number of anilines is 2. The Labute approximate surface area is 159 Å². The lowest BCUT2D eigenvalue weighted by atomic mass is 10.2. The van der Waals surface area contributed by atoms with Gasteiger partial charge >= 0.3 is 6.30 Å². The van der Waals surface area contributed by atoms with Crippen molar-refractivity contribution in [3.63, 3.8) is 0 Å². The Balaban J connectivity index is 1.83. The molecule has 28 heavy (non-hydrogen) atoms. The second kappa shape index (κ2) is 7.99. The monoisotopic (exact) mass is 387 g/mol. The van der Waals surface area contributed by atoms with Crippen LogP contribution in [0.2, 0.25) is 0 Å². The molecular formula is C20H16F3N3O2. The normalized spacial score (nSPS) is 11.0. The Bertz CT molecular complexity index is 928. The minimum atomic E-state index is -4.90. The van der Waals surface area contributed by atoms with Crippen molar-refractivity contribution >= 4 is 17.3 Å². The molecule has 0 spiro atoms. The highest BCUT2D eigenvalue weighted by atomic mass is 19.4. The smallest absolute Gasteiger partial charge is 0.439 e. The molecule has 0 radical (unpaired) electrons. The number of nitrogens with one attached hydrogen (secondary N) is 1. The van der Waals surface area contributed by atoms with Gasteiger partial charge in [-0.05, 0) is 42.5 Å². The molecule has 8 heteroatoms. The van der Waals surface area contributed by atoms with Crippen LogP contribution in [0.25, 0.3) is 0 Å². The molecule has 3 aromatic rings. The van der Waals surface area contributed by atoms with Crippen LogP contribution in [0.5, 0.6) is 11.6 Å². The predicted molar refractivity (Wildman–Crippen MR) is 99.6 cm³/mol. The number of halogens is 3. The molecule has 0 aliphatic heterocycles. The van der Waals surface area contributed by atoms with E-state index >= 15 is 0 Å². The quantitative estimate of drug-likeness (QED) is 0.620. The van der Waals surface area contributed by atoms with Gasteiger partial charge in [-0.2, -0.15) is 0 Å². The van der Waals surface area contributed by atoms with Crippen LogP contribution in [0.1, 0.15) is 10.4 Å². The summed E-state index contributed by atoms with van der Waals surface area (Å²) >= 11 is 0. The summed E-state index contributed by atoms with van der Waals surface area (Å²) in [6.45, 7) is 0. The molecule has 0 atom stereocenters. The van der Waals surface area contributed by atoms with E-state index in [0.29, 0.717) is 5.75 Å². The van der Waals surface area contributed by atoms with E-state index in [-0.39, 0.29) is 16.3 Å². The zero-order valence-corrected chi connectivity index (χ0v) is 14.8. The van der Waals surface area contributed by atoms with Crippen molar-refractivity contribution in [3.05, 3.63) is 78.5 Å². The third kappa shape index (κ3) is 4.40. The lowest BCUT2D eigenvalue weighted by molar-refractivity contribution is -0.122. The van der Waals surface area contributed by atoms with Crippen molar-refractivity contribution in [1.29, 1.82) is 0 Å². The summed E-state index contributed by atoms with van der Waals surface area (Å²) in [6, 6.07) is 16.6. The standard InChI is InChI=1S/C20H16F3N3O2/c1-24-15-7-10-17(11-8-15)28-18-12-9-16(13-25-18)26(20(21,22)23)19(27)14-5-3-2-4-6-14/h2-13,24H,1H3. The molecule has 1 aromatic heterocycles. The molecule has 0 saturated heterocycles. The molecule has 1 N–H and O–H groups in total. The fourth-order valence-electron chi connectivity index (χ4n) is 2.46. The largest absolute Gasteiger partial charge is 0.491 e. The second-order valence-electron chi connectivity index (χ2n) is 5.71. The number of nitrogens with zero attached hydrogens (tertiary/aromatic N) is 2. The van der Waals surface area contributed by atoms with Gasteiger partial charge < -0.3 is 10.1 Å². The van der Waals surface area contributed by atoms with Crippen molar-refractivity contribution < 1.29 is 22.7 Å². The van der Waals surface area contributed by atoms with Gasteiger partial charge in [0.05, 0.1) is 11.9 Å². The summed E-state index contributed by atoms with van der Waals surface area (Å²) in [5.74, 6) is -0.603. The second-order valence-corrected chi connectivity index (χ2v) is 5.71. The minimum absolute atomic E-state index is 0.0789.